The van der Waals surface area contributed by atoms with Crippen LogP contribution in [0.15, 0.2) is 69.9 Å². The number of thiophene rings is 1. The van der Waals surface area contributed by atoms with Crippen LogP contribution in [0.25, 0.3) is 15.9 Å². The first-order valence-corrected chi connectivity index (χ1v) is 11.2. The molecule has 0 spiro atoms. The Labute approximate surface area is 180 Å². The number of benzene rings is 2. The summed E-state index contributed by atoms with van der Waals surface area (Å²) in [5, 5.41) is 5.11. The number of para-hydroxylation sites is 1. The summed E-state index contributed by atoms with van der Waals surface area (Å²) in [7, 11) is 0. The lowest BCUT2D eigenvalue weighted by molar-refractivity contribution is -0.113. The predicted octanol–water partition coefficient (Wildman–Crippen LogP) is 4.88. The molecular weight excluding hydrogens is 421 g/mol. The number of nitrogens with one attached hydrogen (secondary N) is 1. The summed E-state index contributed by atoms with van der Waals surface area (Å²) in [5.74, 6) is -0.493. The van der Waals surface area contributed by atoms with E-state index in [2.05, 4.69) is 10.3 Å². The van der Waals surface area contributed by atoms with Gasteiger partial charge in [-0.3, -0.25) is 14.2 Å². The number of amides is 1. The number of hydrogen-bond acceptors (Lipinski definition) is 5. The number of rotatable bonds is 6. The van der Waals surface area contributed by atoms with Gasteiger partial charge in [0.15, 0.2) is 5.16 Å². The molecule has 4 rings (SSSR count). The maximum absolute atomic E-state index is 13.4. The fourth-order valence-corrected chi connectivity index (χ4v) is 4.65. The van der Waals surface area contributed by atoms with Gasteiger partial charge in [0.25, 0.3) is 5.56 Å². The van der Waals surface area contributed by atoms with Gasteiger partial charge in [0.1, 0.15) is 10.5 Å². The molecule has 0 saturated heterocycles. The Morgan fingerprint density at radius 3 is 2.70 bits per heavy atom. The highest BCUT2D eigenvalue weighted by atomic mass is 32.2. The number of aromatic nitrogens is 2. The average Bonchev–Trinajstić information content (AvgIpc) is 3.23. The van der Waals surface area contributed by atoms with E-state index < -0.39 is 0 Å². The summed E-state index contributed by atoms with van der Waals surface area (Å²) >= 11 is 2.48. The van der Waals surface area contributed by atoms with E-state index in [0.717, 1.165) is 17.7 Å². The van der Waals surface area contributed by atoms with Crippen LogP contribution in [0.3, 0.4) is 0 Å². The number of carbonyl (C=O) groups is 1. The molecule has 4 aromatic rings. The third-order valence-electron chi connectivity index (χ3n) is 4.54. The molecule has 2 aromatic heterocycles. The molecule has 0 fully saturated rings. The molecule has 0 atom stereocenters. The monoisotopic (exact) mass is 439 g/mol. The van der Waals surface area contributed by atoms with Crippen LogP contribution in [-0.2, 0) is 11.2 Å². The van der Waals surface area contributed by atoms with Gasteiger partial charge in [0.2, 0.25) is 5.91 Å². The van der Waals surface area contributed by atoms with Crippen LogP contribution < -0.4 is 10.9 Å². The summed E-state index contributed by atoms with van der Waals surface area (Å²) < 4.78 is 15.3. The zero-order valence-corrected chi connectivity index (χ0v) is 17.7. The third-order valence-corrected chi connectivity index (χ3v) is 6.37. The van der Waals surface area contributed by atoms with Crippen LogP contribution in [0, 0.1) is 5.82 Å². The largest absolute Gasteiger partial charge is 0.325 e. The van der Waals surface area contributed by atoms with E-state index in [9.17, 15) is 14.0 Å². The van der Waals surface area contributed by atoms with Crippen molar-refractivity contribution in [2.24, 2.45) is 0 Å². The summed E-state index contributed by atoms with van der Waals surface area (Å²) in [6.45, 7) is 2.03. The first kappa shape index (κ1) is 20.3. The Morgan fingerprint density at radius 2 is 1.93 bits per heavy atom. The molecule has 30 heavy (non-hydrogen) atoms. The SMILES string of the molecule is CCc1ccccc1NC(=O)CSc1nc2ccsc2c(=O)n1-c1ccc(F)cc1. The Morgan fingerprint density at radius 1 is 1.17 bits per heavy atom. The minimum atomic E-state index is -0.389. The van der Waals surface area contributed by atoms with Gasteiger partial charge in [-0.1, -0.05) is 36.9 Å². The minimum Gasteiger partial charge on any atom is -0.325 e. The average molecular weight is 440 g/mol. The maximum Gasteiger partial charge on any atom is 0.276 e. The number of thioether (sulfide) groups is 1. The predicted molar refractivity (Wildman–Crippen MR) is 120 cm³/mol. The van der Waals surface area contributed by atoms with Gasteiger partial charge >= 0.3 is 0 Å². The van der Waals surface area contributed by atoms with Crippen LogP contribution in [0.5, 0.6) is 0 Å². The number of carbonyl (C=O) groups excluding carboxylic acids is 1. The second-order valence-corrected chi connectivity index (χ2v) is 8.35. The zero-order valence-electron chi connectivity index (χ0n) is 16.1. The van der Waals surface area contributed by atoms with E-state index in [0.29, 0.717) is 21.1 Å². The van der Waals surface area contributed by atoms with Gasteiger partial charge in [-0.25, -0.2) is 9.37 Å². The van der Waals surface area contributed by atoms with Crippen molar-refractivity contribution in [3.8, 4) is 5.69 Å². The number of hydrogen-bond donors (Lipinski definition) is 1. The van der Waals surface area contributed by atoms with E-state index in [1.54, 1.807) is 11.4 Å². The first-order valence-electron chi connectivity index (χ1n) is 9.33. The summed E-state index contributed by atoms with van der Waals surface area (Å²) in [6.07, 6.45) is 0.810. The van der Waals surface area contributed by atoms with Crippen LogP contribution in [0.2, 0.25) is 0 Å². The van der Waals surface area contributed by atoms with Crippen molar-refractivity contribution in [1.82, 2.24) is 9.55 Å². The van der Waals surface area contributed by atoms with Gasteiger partial charge in [-0.05, 0) is 53.8 Å². The molecule has 0 bridgehead atoms. The number of fused-ring (bicyclic) bond motifs is 1. The zero-order chi connectivity index (χ0) is 21.1. The summed E-state index contributed by atoms with van der Waals surface area (Å²) in [6, 6.07) is 15.1. The molecule has 0 aliphatic heterocycles. The molecule has 2 heterocycles. The molecule has 152 valence electrons. The highest BCUT2D eigenvalue weighted by Gasteiger charge is 2.16. The van der Waals surface area contributed by atoms with Crippen LogP contribution >= 0.6 is 23.1 Å². The number of nitrogens with zero attached hydrogens (tertiary/aromatic N) is 2. The van der Waals surface area contributed by atoms with Crippen molar-refractivity contribution in [2.45, 2.75) is 18.5 Å². The van der Waals surface area contributed by atoms with Gasteiger partial charge < -0.3 is 5.32 Å². The number of anilines is 1. The fourth-order valence-electron chi connectivity index (χ4n) is 3.07. The molecule has 0 aliphatic carbocycles. The molecule has 0 aliphatic rings. The molecule has 0 unspecified atom stereocenters. The van der Waals surface area contributed by atoms with Gasteiger partial charge in [0, 0.05) is 5.69 Å². The van der Waals surface area contributed by atoms with Gasteiger partial charge in [0.05, 0.1) is 17.0 Å². The summed E-state index contributed by atoms with van der Waals surface area (Å²) in [4.78, 5) is 30.2. The topological polar surface area (TPSA) is 64.0 Å². The summed E-state index contributed by atoms with van der Waals surface area (Å²) in [5.41, 5.74) is 2.69. The molecule has 5 nitrogen and oxygen atoms in total. The van der Waals surface area contributed by atoms with Crippen molar-refractivity contribution in [3.63, 3.8) is 0 Å². The van der Waals surface area contributed by atoms with Crippen molar-refractivity contribution in [3.05, 3.63) is 81.7 Å². The van der Waals surface area contributed by atoms with E-state index in [4.69, 9.17) is 0 Å². The quantitative estimate of drug-likeness (QED) is 0.344. The lowest BCUT2D eigenvalue weighted by atomic mass is 10.1. The van der Waals surface area contributed by atoms with E-state index in [1.807, 2.05) is 31.2 Å². The van der Waals surface area contributed by atoms with Crippen LogP contribution in [-0.4, -0.2) is 21.2 Å². The molecule has 2 aromatic carbocycles. The Kier molecular flexibility index (Phi) is 5.96. The second-order valence-electron chi connectivity index (χ2n) is 6.49. The van der Waals surface area contributed by atoms with E-state index in [1.165, 1.54) is 51.9 Å². The smallest absolute Gasteiger partial charge is 0.276 e. The molecule has 0 radical (unpaired) electrons. The normalized spacial score (nSPS) is 11.0. The minimum absolute atomic E-state index is 0.0846. The van der Waals surface area contributed by atoms with E-state index in [-0.39, 0.29) is 23.0 Å². The lowest BCUT2D eigenvalue weighted by Gasteiger charge is -2.13. The standard InChI is InChI=1S/C22H18FN3O2S2/c1-2-14-5-3-4-6-17(14)24-19(27)13-30-22-25-18-11-12-29-20(18)21(28)26(22)16-9-7-15(23)8-10-16/h3-12H,2,13H2,1H3,(H,24,27). The van der Waals surface area contributed by atoms with Crippen molar-refractivity contribution < 1.29 is 9.18 Å². The van der Waals surface area contributed by atoms with Crippen LogP contribution in [0.4, 0.5) is 10.1 Å². The van der Waals surface area contributed by atoms with Gasteiger partial charge in [-0.2, -0.15) is 0 Å². The number of aryl methyl sites for hydroxylation is 1. The molecular formula is C22H18FN3O2S2. The first-order chi connectivity index (χ1) is 14.6. The highest BCUT2D eigenvalue weighted by Crippen LogP contribution is 2.24. The third kappa shape index (κ3) is 4.15. The fraction of sp³-hybridized carbons (Fsp3) is 0.136. The Balaban J connectivity index is 1.63. The molecule has 1 amide bonds. The Hall–Kier alpha value is -2.97. The van der Waals surface area contributed by atoms with E-state index >= 15 is 0 Å². The molecule has 8 heteroatoms. The van der Waals surface area contributed by atoms with Crippen molar-refractivity contribution in [2.75, 3.05) is 11.1 Å². The highest BCUT2D eigenvalue weighted by molar-refractivity contribution is 7.99. The molecule has 0 saturated carbocycles. The molecule has 1 N–H and O–H groups in total. The second kappa shape index (κ2) is 8.81. The van der Waals surface area contributed by atoms with Crippen molar-refractivity contribution >= 4 is 44.9 Å². The maximum atomic E-state index is 13.4. The Bertz CT molecular complexity index is 1270. The van der Waals surface area contributed by atoms with Crippen LogP contribution in [0.1, 0.15) is 12.5 Å². The lowest BCUT2D eigenvalue weighted by Crippen LogP contribution is -2.22. The number of halogens is 1. The van der Waals surface area contributed by atoms with Crippen molar-refractivity contribution in [1.29, 1.82) is 0 Å². The van der Waals surface area contributed by atoms with Gasteiger partial charge in [-0.15, -0.1) is 11.3 Å².